The summed E-state index contributed by atoms with van der Waals surface area (Å²) in [6.07, 6.45) is 4.21. The van der Waals surface area contributed by atoms with E-state index in [0.29, 0.717) is 12.6 Å². The standard InChI is InChI=1S/C16H22N2O/c1-3-6-13(2)17-9-10-19-15-11-14-7-4-5-8-16(14)18-12-15/h4-5,7-8,11-13,17H,3,6,9-10H2,1-2H3. The molecule has 19 heavy (non-hydrogen) atoms. The molecule has 2 aromatic rings. The maximum absolute atomic E-state index is 5.72. The molecule has 102 valence electrons. The van der Waals surface area contributed by atoms with E-state index in [9.17, 15) is 0 Å². The zero-order valence-corrected chi connectivity index (χ0v) is 11.7. The van der Waals surface area contributed by atoms with Gasteiger partial charge in [-0.05, 0) is 25.5 Å². The molecule has 0 radical (unpaired) electrons. The molecule has 1 aromatic heterocycles. The van der Waals surface area contributed by atoms with E-state index in [1.807, 2.05) is 24.3 Å². The van der Waals surface area contributed by atoms with Gasteiger partial charge in [-0.3, -0.25) is 4.98 Å². The van der Waals surface area contributed by atoms with Gasteiger partial charge < -0.3 is 10.1 Å². The number of benzene rings is 1. The Hall–Kier alpha value is -1.61. The highest BCUT2D eigenvalue weighted by Gasteiger charge is 2.00. The molecular formula is C16H22N2O. The summed E-state index contributed by atoms with van der Waals surface area (Å²) < 4.78 is 5.72. The molecule has 1 aromatic carbocycles. The Morgan fingerprint density at radius 1 is 1.32 bits per heavy atom. The van der Waals surface area contributed by atoms with Crippen LogP contribution < -0.4 is 10.1 Å². The minimum absolute atomic E-state index is 0.559. The number of pyridine rings is 1. The van der Waals surface area contributed by atoms with Crippen molar-refractivity contribution in [1.29, 1.82) is 0 Å². The number of ether oxygens (including phenoxy) is 1. The van der Waals surface area contributed by atoms with E-state index in [4.69, 9.17) is 4.74 Å². The third-order valence-electron chi connectivity index (χ3n) is 3.15. The molecular weight excluding hydrogens is 236 g/mol. The predicted octanol–water partition coefficient (Wildman–Crippen LogP) is 3.39. The fraction of sp³-hybridized carbons (Fsp3) is 0.438. The molecule has 0 aliphatic heterocycles. The lowest BCUT2D eigenvalue weighted by Crippen LogP contribution is -2.29. The van der Waals surface area contributed by atoms with Crippen LogP contribution in [0.1, 0.15) is 26.7 Å². The summed E-state index contributed by atoms with van der Waals surface area (Å²) in [4.78, 5) is 4.38. The van der Waals surface area contributed by atoms with Crippen LogP contribution in [0.2, 0.25) is 0 Å². The number of hydrogen-bond donors (Lipinski definition) is 1. The van der Waals surface area contributed by atoms with Gasteiger partial charge in [0.15, 0.2) is 0 Å². The molecule has 0 bridgehead atoms. The number of para-hydroxylation sites is 1. The first-order chi connectivity index (χ1) is 9.29. The average molecular weight is 258 g/mol. The van der Waals surface area contributed by atoms with Gasteiger partial charge in [0, 0.05) is 18.0 Å². The van der Waals surface area contributed by atoms with Crippen LogP contribution in [0.25, 0.3) is 10.9 Å². The normalized spacial score (nSPS) is 12.5. The number of nitrogens with zero attached hydrogens (tertiary/aromatic N) is 1. The highest BCUT2D eigenvalue weighted by molar-refractivity contribution is 5.79. The van der Waals surface area contributed by atoms with Crippen LogP contribution in [0.4, 0.5) is 0 Å². The van der Waals surface area contributed by atoms with E-state index in [0.717, 1.165) is 23.2 Å². The first-order valence-electron chi connectivity index (χ1n) is 7.00. The predicted molar refractivity (Wildman–Crippen MR) is 79.6 cm³/mol. The van der Waals surface area contributed by atoms with Crippen molar-refractivity contribution in [3.8, 4) is 5.75 Å². The van der Waals surface area contributed by atoms with Crippen molar-refractivity contribution >= 4 is 10.9 Å². The molecule has 3 nitrogen and oxygen atoms in total. The molecule has 0 aliphatic carbocycles. The molecule has 0 aliphatic rings. The minimum atomic E-state index is 0.559. The summed E-state index contributed by atoms with van der Waals surface area (Å²) in [5.41, 5.74) is 1.00. The molecule has 1 N–H and O–H groups in total. The van der Waals surface area contributed by atoms with Gasteiger partial charge in [-0.1, -0.05) is 31.5 Å². The molecule has 1 atom stereocenters. The monoisotopic (exact) mass is 258 g/mol. The summed E-state index contributed by atoms with van der Waals surface area (Å²) in [5, 5.41) is 4.56. The van der Waals surface area contributed by atoms with Crippen molar-refractivity contribution < 1.29 is 4.74 Å². The largest absolute Gasteiger partial charge is 0.491 e. The van der Waals surface area contributed by atoms with E-state index in [1.165, 1.54) is 12.8 Å². The van der Waals surface area contributed by atoms with Crippen molar-refractivity contribution in [2.24, 2.45) is 0 Å². The SMILES string of the molecule is CCCC(C)NCCOc1cnc2ccccc2c1. The van der Waals surface area contributed by atoms with Gasteiger partial charge in [-0.15, -0.1) is 0 Å². The Balaban J connectivity index is 1.81. The van der Waals surface area contributed by atoms with Crippen molar-refractivity contribution in [3.05, 3.63) is 36.5 Å². The van der Waals surface area contributed by atoms with Gasteiger partial charge in [-0.25, -0.2) is 0 Å². The summed E-state index contributed by atoms with van der Waals surface area (Å²) in [5.74, 6) is 0.837. The maximum Gasteiger partial charge on any atom is 0.138 e. The smallest absolute Gasteiger partial charge is 0.138 e. The Morgan fingerprint density at radius 3 is 3.00 bits per heavy atom. The number of hydrogen-bond acceptors (Lipinski definition) is 3. The topological polar surface area (TPSA) is 34.1 Å². The van der Waals surface area contributed by atoms with Crippen molar-refractivity contribution in [1.82, 2.24) is 10.3 Å². The molecule has 1 heterocycles. The van der Waals surface area contributed by atoms with Crippen LogP contribution in [-0.2, 0) is 0 Å². The summed E-state index contributed by atoms with van der Waals surface area (Å²) in [7, 11) is 0. The van der Waals surface area contributed by atoms with E-state index in [-0.39, 0.29) is 0 Å². The Bertz CT molecular complexity index is 513. The maximum atomic E-state index is 5.72. The van der Waals surface area contributed by atoms with Gasteiger partial charge in [0.05, 0.1) is 11.7 Å². The van der Waals surface area contributed by atoms with Crippen LogP contribution in [0, 0.1) is 0 Å². The molecule has 0 fully saturated rings. The van der Waals surface area contributed by atoms with Crippen molar-refractivity contribution in [3.63, 3.8) is 0 Å². The number of nitrogens with one attached hydrogen (secondary N) is 1. The number of fused-ring (bicyclic) bond motifs is 1. The average Bonchev–Trinajstić information content (AvgIpc) is 2.44. The molecule has 0 spiro atoms. The zero-order valence-electron chi connectivity index (χ0n) is 11.7. The van der Waals surface area contributed by atoms with Gasteiger partial charge in [0.25, 0.3) is 0 Å². The minimum Gasteiger partial charge on any atom is -0.491 e. The van der Waals surface area contributed by atoms with E-state index >= 15 is 0 Å². The third-order valence-corrected chi connectivity index (χ3v) is 3.15. The highest BCUT2D eigenvalue weighted by Crippen LogP contribution is 2.17. The fourth-order valence-electron chi connectivity index (χ4n) is 2.14. The van der Waals surface area contributed by atoms with Gasteiger partial charge in [0.1, 0.15) is 12.4 Å². The molecule has 3 heteroatoms. The second-order valence-corrected chi connectivity index (χ2v) is 4.86. The molecule has 2 rings (SSSR count). The van der Waals surface area contributed by atoms with Crippen LogP contribution in [0.3, 0.4) is 0 Å². The fourth-order valence-corrected chi connectivity index (χ4v) is 2.14. The first kappa shape index (κ1) is 13.8. The second kappa shape index (κ2) is 7.10. The summed E-state index contributed by atoms with van der Waals surface area (Å²) in [6, 6.07) is 10.7. The lowest BCUT2D eigenvalue weighted by Gasteiger charge is -2.13. The Kier molecular flexibility index (Phi) is 5.16. The summed E-state index contributed by atoms with van der Waals surface area (Å²) >= 11 is 0. The van der Waals surface area contributed by atoms with Gasteiger partial charge >= 0.3 is 0 Å². The Morgan fingerprint density at radius 2 is 2.16 bits per heavy atom. The van der Waals surface area contributed by atoms with E-state index in [2.05, 4.69) is 30.2 Å². The molecule has 0 amide bonds. The van der Waals surface area contributed by atoms with E-state index < -0.39 is 0 Å². The first-order valence-corrected chi connectivity index (χ1v) is 7.00. The number of rotatable bonds is 7. The van der Waals surface area contributed by atoms with Crippen LogP contribution in [0.5, 0.6) is 5.75 Å². The Labute approximate surface area is 115 Å². The van der Waals surface area contributed by atoms with Crippen LogP contribution in [0.15, 0.2) is 36.5 Å². The van der Waals surface area contributed by atoms with Crippen molar-refractivity contribution in [2.45, 2.75) is 32.7 Å². The third kappa shape index (κ3) is 4.21. The summed E-state index contributed by atoms with van der Waals surface area (Å²) in [6.45, 7) is 5.96. The zero-order chi connectivity index (χ0) is 13.5. The lowest BCUT2D eigenvalue weighted by molar-refractivity contribution is 0.304. The second-order valence-electron chi connectivity index (χ2n) is 4.86. The van der Waals surface area contributed by atoms with E-state index in [1.54, 1.807) is 6.20 Å². The van der Waals surface area contributed by atoms with Gasteiger partial charge in [-0.2, -0.15) is 0 Å². The van der Waals surface area contributed by atoms with Gasteiger partial charge in [0.2, 0.25) is 0 Å². The van der Waals surface area contributed by atoms with Crippen molar-refractivity contribution in [2.75, 3.05) is 13.2 Å². The van der Waals surface area contributed by atoms with Crippen LogP contribution >= 0.6 is 0 Å². The quantitative estimate of drug-likeness (QED) is 0.773. The molecule has 0 saturated carbocycles. The van der Waals surface area contributed by atoms with Crippen LogP contribution in [-0.4, -0.2) is 24.2 Å². The molecule has 0 saturated heterocycles. The number of aromatic nitrogens is 1. The highest BCUT2D eigenvalue weighted by atomic mass is 16.5. The molecule has 1 unspecified atom stereocenters. The lowest BCUT2D eigenvalue weighted by atomic mass is 10.2.